The fourth-order valence-electron chi connectivity index (χ4n) is 3.24. The molecule has 0 amide bonds. The molecule has 0 radical (unpaired) electrons. The van der Waals surface area contributed by atoms with Gasteiger partial charge in [-0.05, 0) is 42.9 Å². The van der Waals surface area contributed by atoms with E-state index in [0.29, 0.717) is 11.5 Å². The van der Waals surface area contributed by atoms with Gasteiger partial charge in [-0.3, -0.25) is 11.3 Å². The molecule has 1 aliphatic carbocycles. The van der Waals surface area contributed by atoms with Gasteiger partial charge in [-0.25, -0.2) is 4.39 Å². The molecule has 0 aromatic heterocycles. The van der Waals surface area contributed by atoms with Crippen molar-refractivity contribution in [3.8, 4) is 0 Å². The van der Waals surface area contributed by atoms with E-state index >= 15 is 0 Å². The van der Waals surface area contributed by atoms with Crippen molar-refractivity contribution in [2.45, 2.75) is 45.1 Å². The Kier molecular flexibility index (Phi) is 5.37. The first-order valence-corrected chi connectivity index (χ1v) is 7.86. The first-order chi connectivity index (χ1) is 9.15. The van der Waals surface area contributed by atoms with Crippen molar-refractivity contribution in [3.05, 3.63) is 34.1 Å². The molecule has 0 aliphatic heterocycles. The van der Waals surface area contributed by atoms with Crippen LogP contribution < -0.4 is 11.3 Å². The molecule has 2 nitrogen and oxygen atoms in total. The predicted molar refractivity (Wildman–Crippen MR) is 79.9 cm³/mol. The summed E-state index contributed by atoms with van der Waals surface area (Å²) in [6, 6.07) is 4.98. The van der Waals surface area contributed by atoms with Crippen LogP contribution >= 0.6 is 15.9 Å². The third kappa shape index (κ3) is 3.56. The third-order valence-corrected chi connectivity index (χ3v) is 4.84. The van der Waals surface area contributed by atoms with Crippen LogP contribution in [0, 0.1) is 17.7 Å². The van der Waals surface area contributed by atoms with Crippen LogP contribution in [0.4, 0.5) is 4.39 Å². The van der Waals surface area contributed by atoms with Gasteiger partial charge in [0.1, 0.15) is 5.82 Å². The van der Waals surface area contributed by atoms with Crippen LogP contribution in [-0.4, -0.2) is 0 Å². The average molecular weight is 329 g/mol. The Morgan fingerprint density at radius 1 is 1.47 bits per heavy atom. The zero-order chi connectivity index (χ0) is 13.8. The average Bonchev–Trinajstić information content (AvgIpc) is 2.44. The minimum Gasteiger partial charge on any atom is -0.271 e. The molecular formula is C15H22BrFN2. The van der Waals surface area contributed by atoms with E-state index in [1.54, 1.807) is 6.07 Å². The standard InChI is InChI=1S/C15H22BrFN2/c1-2-10-4-3-5-11(8-10)15(19-18)13-9-12(16)6-7-14(13)17/h6-7,9-11,15,19H,2-5,8,18H2,1H3. The van der Waals surface area contributed by atoms with Gasteiger partial charge in [0.15, 0.2) is 0 Å². The molecule has 3 N–H and O–H groups in total. The van der Waals surface area contributed by atoms with E-state index in [1.165, 1.54) is 25.3 Å². The maximum absolute atomic E-state index is 14.0. The van der Waals surface area contributed by atoms with Crippen molar-refractivity contribution >= 4 is 15.9 Å². The second-order valence-electron chi connectivity index (χ2n) is 5.51. The number of hydrogen-bond donors (Lipinski definition) is 2. The Labute approximate surface area is 123 Å². The van der Waals surface area contributed by atoms with E-state index in [2.05, 4.69) is 28.3 Å². The zero-order valence-corrected chi connectivity index (χ0v) is 12.9. The fraction of sp³-hybridized carbons (Fsp3) is 0.600. The van der Waals surface area contributed by atoms with Crippen molar-refractivity contribution in [1.29, 1.82) is 0 Å². The Bertz CT molecular complexity index is 425. The van der Waals surface area contributed by atoms with Gasteiger partial charge in [0.05, 0.1) is 6.04 Å². The molecule has 106 valence electrons. The number of nitrogens with two attached hydrogens (primary N) is 1. The van der Waals surface area contributed by atoms with Crippen LogP contribution in [0.1, 0.15) is 50.6 Å². The Balaban J connectivity index is 2.21. The number of halogens is 2. The molecule has 1 aliphatic rings. The van der Waals surface area contributed by atoms with E-state index in [9.17, 15) is 4.39 Å². The zero-order valence-electron chi connectivity index (χ0n) is 11.3. The molecule has 1 aromatic rings. The van der Waals surface area contributed by atoms with Gasteiger partial charge in [-0.2, -0.15) is 0 Å². The van der Waals surface area contributed by atoms with Crippen LogP contribution in [0.3, 0.4) is 0 Å². The minimum absolute atomic E-state index is 0.0909. The van der Waals surface area contributed by atoms with Crippen LogP contribution in [0.15, 0.2) is 22.7 Å². The Morgan fingerprint density at radius 2 is 2.26 bits per heavy atom. The van der Waals surface area contributed by atoms with Crippen molar-refractivity contribution in [2.75, 3.05) is 0 Å². The van der Waals surface area contributed by atoms with E-state index in [4.69, 9.17) is 5.84 Å². The highest BCUT2D eigenvalue weighted by molar-refractivity contribution is 9.10. The monoisotopic (exact) mass is 328 g/mol. The molecule has 1 aromatic carbocycles. The summed E-state index contributed by atoms with van der Waals surface area (Å²) in [4.78, 5) is 0. The Morgan fingerprint density at radius 3 is 2.95 bits per heavy atom. The lowest BCUT2D eigenvalue weighted by molar-refractivity contribution is 0.207. The second kappa shape index (κ2) is 6.82. The van der Waals surface area contributed by atoms with E-state index < -0.39 is 0 Å². The first-order valence-electron chi connectivity index (χ1n) is 7.06. The molecule has 0 saturated heterocycles. The normalized spacial score (nSPS) is 25.3. The van der Waals surface area contributed by atoms with Crippen molar-refractivity contribution in [3.63, 3.8) is 0 Å². The van der Waals surface area contributed by atoms with Gasteiger partial charge in [-0.1, -0.05) is 42.1 Å². The molecular weight excluding hydrogens is 307 g/mol. The number of benzene rings is 1. The topological polar surface area (TPSA) is 38.0 Å². The molecule has 3 atom stereocenters. The summed E-state index contributed by atoms with van der Waals surface area (Å²) in [5.41, 5.74) is 3.52. The van der Waals surface area contributed by atoms with Crippen LogP contribution in [0.2, 0.25) is 0 Å². The predicted octanol–water partition coefficient (Wildman–Crippen LogP) is 4.31. The maximum atomic E-state index is 14.0. The maximum Gasteiger partial charge on any atom is 0.128 e. The highest BCUT2D eigenvalue weighted by atomic mass is 79.9. The summed E-state index contributed by atoms with van der Waals surface area (Å²) in [6.45, 7) is 2.23. The molecule has 4 heteroatoms. The molecule has 0 bridgehead atoms. The van der Waals surface area contributed by atoms with E-state index in [-0.39, 0.29) is 11.9 Å². The molecule has 0 spiro atoms. The Hall–Kier alpha value is -0.450. The van der Waals surface area contributed by atoms with Gasteiger partial charge in [0.25, 0.3) is 0 Å². The van der Waals surface area contributed by atoms with Gasteiger partial charge in [0.2, 0.25) is 0 Å². The lowest BCUT2D eigenvalue weighted by Gasteiger charge is -2.34. The van der Waals surface area contributed by atoms with Gasteiger partial charge >= 0.3 is 0 Å². The summed E-state index contributed by atoms with van der Waals surface area (Å²) >= 11 is 3.41. The van der Waals surface area contributed by atoms with Crippen molar-refractivity contribution in [1.82, 2.24) is 5.43 Å². The number of rotatable bonds is 4. The molecule has 0 heterocycles. The smallest absolute Gasteiger partial charge is 0.128 e. The molecule has 1 saturated carbocycles. The van der Waals surface area contributed by atoms with Crippen molar-refractivity contribution < 1.29 is 4.39 Å². The van der Waals surface area contributed by atoms with Gasteiger partial charge in [-0.15, -0.1) is 0 Å². The summed E-state index contributed by atoms with van der Waals surface area (Å²) < 4.78 is 14.9. The number of hydrogen-bond acceptors (Lipinski definition) is 2. The fourth-order valence-corrected chi connectivity index (χ4v) is 3.62. The van der Waals surface area contributed by atoms with Gasteiger partial charge in [0, 0.05) is 10.0 Å². The molecule has 1 fully saturated rings. The quantitative estimate of drug-likeness (QED) is 0.638. The summed E-state index contributed by atoms with van der Waals surface area (Å²) in [6.07, 6.45) is 5.98. The lowest BCUT2D eigenvalue weighted by Crippen LogP contribution is -2.36. The SMILES string of the molecule is CCC1CCCC(C(NN)c2cc(Br)ccc2F)C1. The molecule has 2 rings (SSSR count). The molecule has 3 unspecified atom stereocenters. The lowest BCUT2D eigenvalue weighted by atomic mass is 9.75. The van der Waals surface area contributed by atoms with Crippen LogP contribution in [0.25, 0.3) is 0 Å². The largest absolute Gasteiger partial charge is 0.271 e. The van der Waals surface area contributed by atoms with E-state index in [0.717, 1.165) is 23.2 Å². The summed E-state index contributed by atoms with van der Waals surface area (Å²) in [7, 11) is 0. The summed E-state index contributed by atoms with van der Waals surface area (Å²) in [5.74, 6) is 6.71. The van der Waals surface area contributed by atoms with Crippen molar-refractivity contribution in [2.24, 2.45) is 17.7 Å². The second-order valence-corrected chi connectivity index (χ2v) is 6.43. The van der Waals surface area contributed by atoms with E-state index in [1.807, 2.05) is 6.07 Å². The van der Waals surface area contributed by atoms with Gasteiger partial charge < -0.3 is 0 Å². The van der Waals surface area contributed by atoms with Crippen LogP contribution in [0.5, 0.6) is 0 Å². The minimum atomic E-state index is -0.176. The third-order valence-electron chi connectivity index (χ3n) is 4.34. The highest BCUT2D eigenvalue weighted by Gasteiger charge is 2.29. The first kappa shape index (κ1) is 14.9. The highest BCUT2D eigenvalue weighted by Crippen LogP contribution is 2.39. The number of hydrazine groups is 1. The van der Waals surface area contributed by atoms with Crippen LogP contribution in [-0.2, 0) is 0 Å². The molecule has 19 heavy (non-hydrogen) atoms. The summed E-state index contributed by atoms with van der Waals surface area (Å²) in [5, 5.41) is 0. The number of nitrogens with one attached hydrogen (secondary N) is 1.